The average molecular weight is 276 g/mol. The number of hydrogen-bond donors (Lipinski definition) is 3. The first-order chi connectivity index (χ1) is 10.3. The van der Waals surface area contributed by atoms with Crippen molar-refractivity contribution in [3.8, 4) is 0 Å². The van der Waals surface area contributed by atoms with E-state index in [1.807, 2.05) is 54.9 Å². The lowest BCUT2D eigenvalue weighted by atomic mass is 10.0. The van der Waals surface area contributed by atoms with E-state index < -0.39 is 0 Å². The van der Waals surface area contributed by atoms with Crippen LogP contribution in [-0.2, 0) is 4.79 Å². The van der Waals surface area contributed by atoms with Gasteiger partial charge in [-0.3, -0.25) is 4.79 Å². The lowest BCUT2D eigenvalue weighted by Gasteiger charge is -1.99. The fraction of sp³-hybridized carbons (Fsp3) is 0. The van der Waals surface area contributed by atoms with Crippen LogP contribution < -0.4 is 5.43 Å². The standard InChI is InChI=1S/C16H12N4O/c21-16-12(15(19-20-16)14-6-3-7-17-14)8-10-9-18-13-5-2-1-4-11(10)13/h1-9,17-18H,(H,20,21)/b12-8-. The second-order valence-electron chi connectivity index (χ2n) is 4.83. The van der Waals surface area contributed by atoms with Crippen LogP contribution in [0, 0.1) is 0 Å². The number of amides is 1. The van der Waals surface area contributed by atoms with Gasteiger partial charge >= 0.3 is 0 Å². The number of nitrogens with one attached hydrogen (secondary N) is 3. The number of nitrogens with zero attached hydrogens (tertiary/aromatic N) is 1. The minimum atomic E-state index is -0.190. The smallest absolute Gasteiger partial charge is 0.273 e. The van der Waals surface area contributed by atoms with Gasteiger partial charge in [0.25, 0.3) is 5.91 Å². The molecule has 102 valence electrons. The lowest BCUT2D eigenvalue weighted by Crippen LogP contribution is -2.13. The third kappa shape index (κ3) is 1.87. The number of H-pyrrole nitrogens is 2. The van der Waals surface area contributed by atoms with Crippen molar-refractivity contribution in [1.82, 2.24) is 15.4 Å². The summed E-state index contributed by atoms with van der Waals surface area (Å²) in [5, 5.41) is 5.19. The number of aromatic nitrogens is 2. The van der Waals surface area contributed by atoms with Gasteiger partial charge in [0.2, 0.25) is 0 Å². The maximum atomic E-state index is 12.0. The van der Waals surface area contributed by atoms with Gasteiger partial charge in [-0.05, 0) is 24.3 Å². The van der Waals surface area contributed by atoms with Gasteiger partial charge in [-0.1, -0.05) is 18.2 Å². The summed E-state index contributed by atoms with van der Waals surface area (Å²) >= 11 is 0. The summed E-state index contributed by atoms with van der Waals surface area (Å²) in [5.41, 5.74) is 6.54. The third-order valence-electron chi connectivity index (χ3n) is 3.54. The summed E-state index contributed by atoms with van der Waals surface area (Å²) in [6, 6.07) is 11.8. The summed E-state index contributed by atoms with van der Waals surface area (Å²) in [7, 11) is 0. The molecular weight excluding hydrogens is 264 g/mol. The molecule has 0 bridgehead atoms. The van der Waals surface area contributed by atoms with E-state index in [2.05, 4.69) is 20.5 Å². The van der Waals surface area contributed by atoms with Crippen LogP contribution in [-0.4, -0.2) is 21.6 Å². The number of hydrogen-bond acceptors (Lipinski definition) is 2. The van der Waals surface area contributed by atoms with Gasteiger partial charge in [-0.15, -0.1) is 0 Å². The van der Waals surface area contributed by atoms with E-state index >= 15 is 0 Å². The number of carbonyl (C=O) groups excluding carboxylic acids is 1. The van der Waals surface area contributed by atoms with Crippen LogP contribution in [0.15, 0.2) is 59.5 Å². The van der Waals surface area contributed by atoms with Crippen LogP contribution in [0.1, 0.15) is 11.3 Å². The summed E-state index contributed by atoms with van der Waals surface area (Å²) in [6.45, 7) is 0. The molecule has 21 heavy (non-hydrogen) atoms. The first kappa shape index (κ1) is 11.7. The number of hydrazone groups is 1. The molecule has 0 saturated carbocycles. The van der Waals surface area contributed by atoms with E-state index in [0.717, 1.165) is 22.2 Å². The predicted molar refractivity (Wildman–Crippen MR) is 81.7 cm³/mol. The summed E-state index contributed by atoms with van der Waals surface area (Å²) in [6.07, 6.45) is 5.57. The number of carbonyl (C=O) groups is 1. The third-order valence-corrected chi connectivity index (χ3v) is 3.54. The summed E-state index contributed by atoms with van der Waals surface area (Å²) in [4.78, 5) is 18.3. The first-order valence-electron chi connectivity index (χ1n) is 6.63. The van der Waals surface area contributed by atoms with E-state index in [4.69, 9.17) is 0 Å². The highest BCUT2D eigenvalue weighted by molar-refractivity contribution is 6.33. The summed E-state index contributed by atoms with van der Waals surface area (Å²) < 4.78 is 0. The number of benzene rings is 1. The normalized spacial score (nSPS) is 16.5. The number of para-hydroxylation sites is 1. The van der Waals surface area contributed by atoms with Crippen molar-refractivity contribution in [2.24, 2.45) is 5.10 Å². The molecule has 3 heterocycles. The molecule has 0 radical (unpaired) electrons. The van der Waals surface area contributed by atoms with Gasteiger partial charge in [0, 0.05) is 28.9 Å². The Bertz CT molecular complexity index is 884. The molecule has 5 nitrogen and oxygen atoms in total. The van der Waals surface area contributed by atoms with Gasteiger partial charge in [0.05, 0.1) is 11.3 Å². The van der Waals surface area contributed by atoms with Crippen molar-refractivity contribution in [3.05, 3.63) is 65.6 Å². The minimum Gasteiger partial charge on any atom is -0.361 e. The van der Waals surface area contributed by atoms with Gasteiger partial charge in [0.15, 0.2) is 0 Å². The molecule has 0 aliphatic carbocycles. The molecule has 5 heteroatoms. The van der Waals surface area contributed by atoms with Gasteiger partial charge in [-0.25, -0.2) is 5.43 Å². The molecule has 4 rings (SSSR count). The molecule has 1 aromatic carbocycles. The molecule has 0 fully saturated rings. The fourth-order valence-corrected chi connectivity index (χ4v) is 2.52. The molecule has 3 aromatic rings. The van der Waals surface area contributed by atoms with Crippen molar-refractivity contribution in [3.63, 3.8) is 0 Å². The minimum absolute atomic E-state index is 0.190. The lowest BCUT2D eigenvalue weighted by molar-refractivity contribution is -0.116. The molecule has 1 amide bonds. The Morgan fingerprint density at radius 3 is 2.81 bits per heavy atom. The van der Waals surface area contributed by atoms with Crippen molar-refractivity contribution in [2.45, 2.75) is 0 Å². The van der Waals surface area contributed by atoms with Crippen molar-refractivity contribution in [1.29, 1.82) is 0 Å². The predicted octanol–water partition coefficient (Wildman–Crippen LogP) is 2.41. The molecule has 1 aliphatic rings. The Labute approximate surface area is 120 Å². The highest BCUT2D eigenvalue weighted by Crippen LogP contribution is 2.23. The Kier molecular flexibility index (Phi) is 2.50. The SMILES string of the molecule is O=C1NN=C(c2ccc[nH]2)/C1=C/c1c[nH]c2ccccc12. The topological polar surface area (TPSA) is 73.0 Å². The van der Waals surface area contributed by atoms with Gasteiger partial charge in [-0.2, -0.15) is 5.10 Å². The van der Waals surface area contributed by atoms with Gasteiger partial charge in [0.1, 0.15) is 5.71 Å². The van der Waals surface area contributed by atoms with Crippen LogP contribution in [0.3, 0.4) is 0 Å². The van der Waals surface area contributed by atoms with Gasteiger partial charge < -0.3 is 9.97 Å². The Morgan fingerprint density at radius 1 is 1.05 bits per heavy atom. The first-order valence-corrected chi connectivity index (χ1v) is 6.63. The number of rotatable bonds is 2. The maximum Gasteiger partial charge on any atom is 0.273 e. The zero-order valence-corrected chi connectivity index (χ0v) is 11.1. The second-order valence-corrected chi connectivity index (χ2v) is 4.83. The maximum absolute atomic E-state index is 12.0. The average Bonchev–Trinajstić information content (AvgIpc) is 3.21. The molecule has 0 atom stereocenters. The van der Waals surface area contributed by atoms with Crippen LogP contribution in [0.5, 0.6) is 0 Å². The van der Waals surface area contributed by atoms with E-state index in [1.54, 1.807) is 0 Å². The highest BCUT2D eigenvalue weighted by Gasteiger charge is 2.24. The fourth-order valence-electron chi connectivity index (χ4n) is 2.52. The zero-order chi connectivity index (χ0) is 14.2. The van der Waals surface area contributed by atoms with E-state index in [0.29, 0.717) is 11.3 Å². The van der Waals surface area contributed by atoms with Crippen molar-refractivity contribution < 1.29 is 4.79 Å². The molecule has 0 saturated heterocycles. The van der Waals surface area contributed by atoms with E-state index in [1.165, 1.54) is 0 Å². The monoisotopic (exact) mass is 276 g/mol. The van der Waals surface area contributed by atoms with Crippen molar-refractivity contribution >= 4 is 28.6 Å². The van der Waals surface area contributed by atoms with Crippen LogP contribution >= 0.6 is 0 Å². The quantitative estimate of drug-likeness (QED) is 0.618. The highest BCUT2D eigenvalue weighted by atomic mass is 16.2. The molecule has 0 spiro atoms. The largest absolute Gasteiger partial charge is 0.361 e. The molecule has 0 unspecified atom stereocenters. The Hall–Kier alpha value is -3.08. The van der Waals surface area contributed by atoms with E-state index in [-0.39, 0.29) is 5.91 Å². The Balaban J connectivity index is 1.84. The number of aromatic amines is 2. The van der Waals surface area contributed by atoms with Crippen LogP contribution in [0.2, 0.25) is 0 Å². The summed E-state index contributed by atoms with van der Waals surface area (Å²) in [5.74, 6) is -0.190. The van der Waals surface area contributed by atoms with E-state index in [9.17, 15) is 4.79 Å². The molecule has 3 N–H and O–H groups in total. The Morgan fingerprint density at radius 2 is 1.95 bits per heavy atom. The van der Waals surface area contributed by atoms with Crippen molar-refractivity contribution in [2.75, 3.05) is 0 Å². The molecule has 2 aromatic heterocycles. The molecule has 1 aliphatic heterocycles. The molecular formula is C16H12N4O. The number of fused-ring (bicyclic) bond motifs is 1. The van der Waals surface area contributed by atoms with Crippen LogP contribution in [0.4, 0.5) is 0 Å². The second kappa shape index (κ2) is 4.49. The van der Waals surface area contributed by atoms with Crippen LogP contribution in [0.25, 0.3) is 17.0 Å². The zero-order valence-electron chi connectivity index (χ0n) is 11.1.